The van der Waals surface area contributed by atoms with E-state index >= 15 is 0 Å². The second kappa shape index (κ2) is 10.1. The number of nitrogens with zero attached hydrogens (tertiary/aromatic N) is 2. The van der Waals surface area contributed by atoms with E-state index in [1.54, 1.807) is 82.8 Å². The predicted octanol–water partition coefficient (Wildman–Crippen LogP) is 7.05. The van der Waals surface area contributed by atoms with Crippen molar-refractivity contribution in [3.63, 3.8) is 0 Å². The average molecular weight is 491 g/mol. The third kappa shape index (κ3) is 4.62. The molecule has 0 spiro atoms. The highest BCUT2D eigenvalue weighted by molar-refractivity contribution is 5.90. The molecule has 36 heavy (non-hydrogen) atoms. The Morgan fingerprint density at radius 2 is 1.64 bits per heavy atom. The Morgan fingerprint density at radius 3 is 2.31 bits per heavy atom. The van der Waals surface area contributed by atoms with Crippen molar-refractivity contribution < 1.29 is 28.5 Å². The van der Waals surface area contributed by atoms with Gasteiger partial charge in [0.25, 0.3) is 0 Å². The van der Waals surface area contributed by atoms with Gasteiger partial charge in [-0.3, -0.25) is 9.88 Å². The van der Waals surface area contributed by atoms with Crippen molar-refractivity contribution in [2.75, 3.05) is 19.1 Å². The molecule has 1 heterocycles. The second-order valence-corrected chi connectivity index (χ2v) is 8.39. The summed E-state index contributed by atoms with van der Waals surface area (Å²) in [4.78, 5) is 17.8. The fraction of sp³-hybridized carbons (Fsp3) is 0.214. The number of aryl methyl sites for hydroxylation is 2. The lowest BCUT2D eigenvalue weighted by atomic mass is 10.0. The number of pyridine rings is 1. The normalized spacial score (nSPS) is 11.7. The Morgan fingerprint density at radius 1 is 0.944 bits per heavy atom. The Bertz CT molecular complexity index is 1440. The van der Waals surface area contributed by atoms with E-state index < -0.39 is 18.0 Å². The van der Waals surface area contributed by atoms with Crippen molar-refractivity contribution in [3.05, 3.63) is 83.3 Å². The van der Waals surface area contributed by atoms with E-state index in [0.717, 1.165) is 5.39 Å². The van der Waals surface area contributed by atoms with Crippen molar-refractivity contribution in [3.8, 4) is 23.0 Å². The van der Waals surface area contributed by atoms with Gasteiger partial charge in [-0.1, -0.05) is 18.2 Å². The van der Waals surface area contributed by atoms with Crippen LogP contribution in [0.25, 0.3) is 10.9 Å². The van der Waals surface area contributed by atoms with Gasteiger partial charge in [0.2, 0.25) is 0 Å². The zero-order valence-corrected chi connectivity index (χ0v) is 20.7. The van der Waals surface area contributed by atoms with E-state index in [-0.39, 0.29) is 0 Å². The van der Waals surface area contributed by atoms with E-state index in [9.17, 15) is 14.3 Å². The van der Waals surface area contributed by atoms with Crippen LogP contribution in [-0.4, -0.2) is 30.4 Å². The molecule has 4 aromatic rings. The quantitative estimate of drug-likeness (QED) is 0.299. The van der Waals surface area contributed by atoms with Crippen LogP contribution in [0.15, 0.2) is 60.8 Å². The van der Waals surface area contributed by atoms with Crippen LogP contribution in [-0.2, 0) is 0 Å². The first-order chi connectivity index (χ1) is 17.2. The molecule has 1 aromatic heterocycles. The Balaban J connectivity index is 1.74. The summed E-state index contributed by atoms with van der Waals surface area (Å²) in [5.74, 6) is 1.77. The number of amides is 1. The number of halogens is 1. The summed E-state index contributed by atoms with van der Waals surface area (Å²) < 4.78 is 31.5. The molecule has 1 unspecified atom stereocenters. The van der Waals surface area contributed by atoms with Crippen LogP contribution in [0.1, 0.15) is 29.7 Å². The molecule has 4 rings (SSSR count). The fourth-order valence-corrected chi connectivity index (χ4v) is 4.23. The number of hydrogen-bond donors (Lipinski definition) is 1. The van der Waals surface area contributed by atoms with Crippen LogP contribution in [0.4, 0.5) is 14.9 Å². The zero-order valence-electron chi connectivity index (χ0n) is 20.7. The highest BCUT2D eigenvalue weighted by Gasteiger charge is 2.27. The molecule has 1 amide bonds. The molecular formula is C28H27FN2O5. The number of carbonyl (C=O) groups is 1. The van der Waals surface area contributed by atoms with Gasteiger partial charge in [0.15, 0.2) is 11.5 Å². The van der Waals surface area contributed by atoms with Crippen molar-refractivity contribution in [2.24, 2.45) is 0 Å². The van der Waals surface area contributed by atoms with Crippen LogP contribution in [0.5, 0.6) is 23.0 Å². The second-order valence-electron chi connectivity index (χ2n) is 8.39. The largest absolute Gasteiger partial charge is 0.493 e. The number of hydrogen-bond acceptors (Lipinski definition) is 5. The van der Waals surface area contributed by atoms with Crippen LogP contribution < -0.4 is 19.1 Å². The summed E-state index contributed by atoms with van der Waals surface area (Å²) in [6.07, 6.45) is 0.464. The molecule has 0 aliphatic heterocycles. The molecule has 7 nitrogen and oxygen atoms in total. The topological polar surface area (TPSA) is 81.1 Å². The summed E-state index contributed by atoms with van der Waals surface area (Å²) in [6.45, 7) is 5.29. The highest BCUT2D eigenvalue weighted by Crippen LogP contribution is 2.40. The summed E-state index contributed by atoms with van der Waals surface area (Å²) in [5.41, 5.74) is 2.80. The number of ether oxygens (including phenoxy) is 3. The predicted molar refractivity (Wildman–Crippen MR) is 136 cm³/mol. The highest BCUT2D eigenvalue weighted by atomic mass is 19.1. The lowest BCUT2D eigenvalue weighted by Gasteiger charge is -2.29. The molecule has 1 atom stereocenters. The van der Waals surface area contributed by atoms with E-state index in [1.165, 1.54) is 11.0 Å². The van der Waals surface area contributed by atoms with Crippen LogP contribution in [0.3, 0.4) is 0 Å². The van der Waals surface area contributed by atoms with E-state index in [0.29, 0.717) is 50.9 Å². The van der Waals surface area contributed by atoms with Gasteiger partial charge in [0.1, 0.15) is 17.3 Å². The van der Waals surface area contributed by atoms with Crippen molar-refractivity contribution >= 4 is 22.7 Å². The molecule has 186 valence electrons. The number of fused-ring (bicyclic) bond motifs is 1. The Kier molecular flexibility index (Phi) is 6.96. The van der Waals surface area contributed by atoms with Gasteiger partial charge in [-0.25, -0.2) is 9.18 Å². The Labute approximate surface area is 208 Å². The number of benzene rings is 3. The molecule has 0 bridgehead atoms. The molecule has 0 aliphatic carbocycles. The molecular weight excluding hydrogens is 463 g/mol. The van der Waals surface area contributed by atoms with Crippen LogP contribution in [0, 0.1) is 19.7 Å². The van der Waals surface area contributed by atoms with Crippen molar-refractivity contribution in [2.45, 2.75) is 26.8 Å². The third-order valence-electron chi connectivity index (χ3n) is 6.13. The zero-order chi connectivity index (χ0) is 26.0. The van der Waals surface area contributed by atoms with Gasteiger partial charge in [-0.05, 0) is 62.2 Å². The van der Waals surface area contributed by atoms with Crippen LogP contribution in [0.2, 0.25) is 0 Å². The minimum absolute atomic E-state index is 0.296. The third-order valence-corrected chi connectivity index (χ3v) is 6.13. The lowest BCUT2D eigenvalue weighted by molar-refractivity contribution is 0.199. The van der Waals surface area contributed by atoms with Gasteiger partial charge < -0.3 is 19.3 Å². The summed E-state index contributed by atoms with van der Waals surface area (Å²) in [6, 6.07) is 14.3. The molecule has 0 saturated carbocycles. The van der Waals surface area contributed by atoms with Gasteiger partial charge >= 0.3 is 6.09 Å². The number of aromatic nitrogens is 1. The average Bonchev–Trinajstić information content (AvgIpc) is 2.86. The standard InChI is InChI=1S/C28H27FN2O5/c1-16-13-25(36-24-10-11-30-22-15-27(35-5)26(34-4)14-20(22)24)17(2)12-23(16)31(28(32)33)18(3)19-8-6-7-9-21(19)29/h6-15,18H,1-5H3,(H,32,33). The fourth-order valence-electron chi connectivity index (χ4n) is 4.23. The lowest BCUT2D eigenvalue weighted by Crippen LogP contribution is -2.33. The summed E-state index contributed by atoms with van der Waals surface area (Å²) in [5, 5.41) is 10.8. The molecule has 8 heteroatoms. The van der Waals surface area contributed by atoms with Gasteiger partial charge in [-0.2, -0.15) is 0 Å². The number of anilines is 1. The summed E-state index contributed by atoms with van der Waals surface area (Å²) in [7, 11) is 3.12. The van der Waals surface area contributed by atoms with E-state index in [4.69, 9.17) is 14.2 Å². The first kappa shape index (κ1) is 24.8. The minimum atomic E-state index is -1.18. The van der Waals surface area contributed by atoms with Crippen LogP contribution >= 0.6 is 0 Å². The summed E-state index contributed by atoms with van der Waals surface area (Å²) >= 11 is 0. The first-order valence-electron chi connectivity index (χ1n) is 11.3. The number of rotatable bonds is 7. The maximum atomic E-state index is 14.4. The monoisotopic (exact) mass is 490 g/mol. The number of methoxy groups -OCH3 is 2. The SMILES string of the molecule is COc1cc2nccc(Oc3cc(C)c(N(C(=O)O)C(C)c4ccccc4F)cc3C)c2cc1OC. The van der Waals surface area contributed by atoms with Gasteiger partial charge in [-0.15, -0.1) is 0 Å². The molecule has 3 aromatic carbocycles. The van der Waals surface area contributed by atoms with E-state index in [1.807, 2.05) is 6.92 Å². The van der Waals surface area contributed by atoms with Crippen molar-refractivity contribution in [1.29, 1.82) is 0 Å². The van der Waals surface area contributed by atoms with E-state index in [2.05, 4.69) is 4.98 Å². The van der Waals surface area contributed by atoms with Gasteiger partial charge in [0, 0.05) is 23.2 Å². The first-order valence-corrected chi connectivity index (χ1v) is 11.3. The number of carboxylic acid groups (broad SMARTS) is 1. The molecule has 0 aliphatic rings. The maximum Gasteiger partial charge on any atom is 0.412 e. The Hall–Kier alpha value is -4.33. The molecule has 1 N–H and O–H groups in total. The maximum absolute atomic E-state index is 14.4. The molecule has 0 saturated heterocycles. The molecule has 0 radical (unpaired) electrons. The molecule has 0 fully saturated rings. The van der Waals surface area contributed by atoms with Gasteiger partial charge in [0.05, 0.1) is 31.5 Å². The minimum Gasteiger partial charge on any atom is -0.493 e. The smallest absolute Gasteiger partial charge is 0.412 e. The van der Waals surface area contributed by atoms with Crippen molar-refractivity contribution in [1.82, 2.24) is 4.98 Å².